The molecule has 2 nitrogen and oxygen atoms in total. The first-order chi connectivity index (χ1) is 8.20. The van der Waals surface area contributed by atoms with Crippen LogP contribution in [0.1, 0.15) is 10.4 Å². The highest BCUT2D eigenvalue weighted by atomic mass is 79.9. The number of aryl methyl sites for hydroxylation is 1. The number of anilines is 1. The third-order valence-electron chi connectivity index (χ3n) is 2.58. The average molecular weight is 312 g/mol. The van der Waals surface area contributed by atoms with Crippen LogP contribution in [0.15, 0.2) is 34.1 Å². The van der Waals surface area contributed by atoms with Crippen molar-refractivity contribution in [1.82, 2.24) is 0 Å². The zero-order chi connectivity index (χ0) is 12.3. The lowest BCUT2D eigenvalue weighted by atomic mass is 10.2. The van der Waals surface area contributed by atoms with Gasteiger partial charge in [-0.05, 0) is 52.0 Å². The molecule has 0 saturated carbocycles. The molecule has 1 N–H and O–H groups in total. The maximum atomic E-state index is 5.21. The van der Waals surface area contributed by atoms with E-state index in [1.807, 2.05) is 18.2 Å². The third kappa shape index (κ3) is 3.01. The Morgan fingerprint density at radius 1 is 1.35 bits per heavy atom. The highest BCUT2D eigenvalue weighted by molar-refractivity contribution is 9.10. The molecule has 0 unspecified atom stereocenters. The second kappa shape index (κ2) is 5.56. The van der Waals surface area contributed by atoms with Crippen molar-refractivity contribution in [2.45, 2.75) is 13.5 Å². The molecule has 0 bridgehead atoms. The van der Waals surface area contributed by atoms with Crippen molar-refractivity contribution in [3.63, 3.8) is 0 Å². The van der Waals surface area contributed by atoms with Gasteiger partial charge in [-0.2, -0.15) is 0 Å². The standard InChI is InChI=1S/C13H14BrNOS/c1-9-5-6-17-13(9)8-15-12-7-10(16-2)3-4-11(12)14/h3-7,15H,8H2,1-2H3. The lowest BCUT2D eigenvalue weighted by molar-refractivity contribution is 0.415. The number of hydrogen-bond donors (Lipinski definition) is 1. The van der Waals surface area contributed by atoms with E-state index in [4.69, 9.17) is 4.74 Å². The maximum Gasteiger partial charge on any atom is 0.121 e. The lowest BCUT2D eigenvalue weighted by Crippen LogP contribution is -1.99. The van der Waals surface area contributed by atoms with Gasteiger partial charge in [0, 0.05) is 22.0 Å². The number of methoxy groups -OCH3 is 1. The van der Waals surface area contributed by atoms with Crippen LogP contribution in [0.5, 0.6) is 5.75 Å². The zero-order valence-electron chi connectivity index (χ0n) is 9.79. The Balaban J connectivity index is 2.11. The van der Waals surface area contributed by atoms with Gasteiger partial charge in [-0.3, -0.25) is 0 Å². The number of rotatable bonds is 4. The number of ether oxygens (including phenoxy) is 1. The Kier molecular flexibility index (Phi) is 4.07. The molecule has 2 aromatic rings. The van der Waals surface area contributed by atoms with Gasteiger partial charge in [0.15, 0.2) is 0 Å². The summed E-state index contributed by atoms with van der Waals surface area (Å²) in [6.07, 6.45) is 0. The van der Waals surface area contributed by atoms with E-state index in [0.29, 0.717) is 0 Å². The highest BCUT2D eigenvalue weighted by Crippen LogP contribution is 2.28. The predicted molar refractivity (Wildman–Crippen MR) is 77.1 cm³/mol. The Hall–Kier alpha value is -1.00. The number of benzene rings is 1. The molecule has 0 radical (unpaired) electrons. The van der Waals surface area contributed by atoms with Gasteiger partial charge in [0.1, 0.15) is 5.75 Å². The Labute approximate surface area is 114 Å². The topological polar surface area (TPSA) is 21.3 Å². The number of nitrogens with one attached hydrogen (secondary N) is 1. The van der Waals surface area contributed by atoms with Crippen LogP contribution < -0.4 is 10.1 Å². The summed E-state index contributed by atoms with van der Waals surface area (Å²) in [7, 11) is 1.68. The van der Waals surface area contributed by atoms with E-state index in [9.17, 15) is 0 Å². The van der Waals surface area contributed by atoms with Gasteiger partial charge in [0.05, 0.1) is 12.8 Å². The minimum Gasteiger partial charge on any atom is -0.497 e. The quantitative estimate of drug-likeness (QED) is 0.901. The molecule has 1 aromatic heterocycles. The summed E-state index contributed by atoms with van der Waals surface area (Å²) in [4.78, 5) is 1.36. The van der Waals surface area contributed by atoms with Crippen LogP contribution in [0, 0.1) is 6.92 Å². The molecule has 1 heterocycles. The summed E-state index contributed by atoms with van der Waals surface area (Å²) >= 11 is 5.30. The van der Waals surface area contributed by atoms with Gasteiger partial charge < -0.3 is 10.1 Å². The molecule has 0 amide bonds. The third-order valence-corrected chi connectivity index (χ3v) is 4.30. The van der Waals surface area contributed by atoms with E-state index in [0.717, 1.165) is 22.5 Å². The summed E-state index contributed by atoms with van der Waals surface area (Å²) < 4.78 is 6.26. The van der Waals surface area contributed by atoms with E-state index in [-0.39, 0.29) is 0 Å². The molecule has 2 rings (SSSR count). The van der Waals surface area contributed by atoms with E-state index < -0.39 is 0 Å². The fourth-order valence-corrected chi connectivity index (χ4v) is 2.76. The second-order valence-electron chi connectivity index (χ2n) is 3.73. The smallest absolute Gasteiger partial charge is 0.121 e. The first kappa shape index (κ1) is 12.5. The van der Waals surface area contributed by atoms with Crippen molar-refractivity contribution in [3.05, 3.63) is 44.6 Å². The molecule has 0 spiro atoms. The van der Waals surface area contributed by atoms with E-state index in [2.05, 4.69) is 39.6 Å². The predicted octanol–water partition coefficient (Wildman–Crippen LogP) is 4.44. The molecule has 4 heteroatoms. The number of thiophene rings is 1. The normalized spacial score (nSPS) is 10.3. The SMILES string of the molecule is COc1ccc(Br)c(NCc2sccc2C)c1. The fourth-order valence-electron chi connectivity index (χ4n) is 1.53. The lowest BCUT2D eigenvalue weighted by Gasteiger charge is -2.10. The van der Waals surface area contributed by atoms with Crippen LogP contribution in [-0.2, 0) is 6.54 Å². The molecule has 0 fully saturated rings. The van der Waals surface area contributed by atoms with E-state index >= 15 is 0 Å². The first-order valence-electron chi connectivity index (χ1n) is 5.31. The van der Waals surface area contributed by atoms with Crippen LogP contribution >= 0.6 is 27.3 Å². The Morgan fingerprint density at radius 3 is 2.82 bits per heavy atom. The van der Waals surface area contributed by atoms with Crippen LogP contribution in [0.3, 0.4) is 0 Å². The molecule has 1 aromatic carbocycles. The zero-order valence-corrected chi connectivity index (χ0v) is 12.2. The number of hydrogen-bond acceptors (Lipinski definition) is 3. The van der Waals surface area contributed by atoms with E-state index in [1.165, 1.54) is 10.4 Å². The van der Waals surface area contributed by atoms with Crippen molar-refractivity contribution in [2.24, 2.45) is 0 Å². The van der Waals surface area contributed by atoms with Gasteiger partial charge >= 0.3 is 0 Å². The fraction of sp³-hybridized carbons (Fsp3) is 0.231. The molecule has 0 saturated heterocycles. The number of halogens is 1. The average Bonchev–Trinajstić information content (AvgIpc) is 2.74. The summed E-state index contributed by atoms with van der Waals surface area (Å²) in [6, 6.07) is 8.06. The summed E-state index contributed by atoms with van der Waals surface area (Å²) in [5, 5.41) is 5.53. The Bertz CT molecular complexity index is 510. The molecular formula is C13H14BrNOS. The largest absolute Gasteiger partial charge is 0.497 e. The summed E-state index contributed by atoms with van der Waals surface area (Å²) in [5.74, 6) is 0.860. The summed E-state index contributed by atoms with van der Waals surface area (Å²) in [5.41, 5.74) is 2.39. The van der Waals surface area contributed by atoms with Gasteiger partial charge in [-0.25, -0.2) is 0 Å². The monoisotopic (exact) mass is 311 g/mol. The van der Waals surface area contributed by atoms with Crippen LogP contribution in [0.2, 0.25) is 0 Å². The molecule has 0 atom stereocenters. The van der Waals surface area contributed by atoms with Crippen LogP contribution in [0.25, 0.3) is 0 Å². The highest BCUT2D eigenvalue weighted by Gasteiger charge is 2.04. The molecule has 0 aliphatic carbocycles. The van der Waals surface area contributed by atoms with Crippen LogP contribution in [-0.4, -0.2) is 7.11 Å². The minimum atomic E-state index is 0.843. The van der Waals surface area contributed by atoms with Crippen molar-refractivity contribution in [3.8, 4) is 5.75 Å². The molecule has 17 heavy (non-hydrogen) atoms. The molecule has 0 aliphatic rings. The van der Waals surface area contributed by atoms with Crippen molar-refractivity contribution in [1.29, 1.82) is 0 Å². The maximum absolute atomic E-state index is 5.21. The van der Waals surface area contributed by atoms with Gasteiger partial charge in [0.2, 0.25) is 0 Å². The van der Waals surface area contributed by atoms with E-state index in [1.54, 1.807) is 18.4 Å². The van der Waals surface area contributed by atoms with Gasteiger partial charge in [-0.1, -0.05) is 0 Å². The minimum absolute atomic E-state index is 0.843. The molecular weight excluding hydrogens is 298 g/mol. The van der Waals surface area contributed by atoms with Crippen molar-refractivity contribution in [2.75, 3.05) is 12.4 Å². The first-order valence-corrected chi connectivity index (χ1v) is 6.98. The van der Waals surface area contributed by atoms with Crippen molar-refractivity contribution < 1.29 is 4.74 Å². The second-order valence-corrected chi connectivity index (χ2v) is 5.58. The Morgan fingerprint density at radius 2 is 2.18 bits per heavy atom. The van der Waals surface area contributed by atoms with Crippen molar-refractivity contribution >= 4 is 33.0 Å². The van der Waals surface area contributed by atoms with Gasteiger partial charge in [-0.15, -0.1) is 11.3 Å². The molecule has 0 aliphatic heterocycles. The van der Waals surface area contributed by atoms with Gasteiger partial charge in [0.25, 0.3) is 0 Å². The van der Waals surface area contributed by atoms with Crippen LogP contribution in [0.4, 0.5) is 5.69 Å². The summed E-state index contributed by atoms with van der Waals surface area (Å²) in [6.45, 7) is 2.98. The molecule has 90 valence electrons.